The maximum absolute atomic E-state index is 4.81. The van der Waals surface area contributed by atoms with Crippen LogP contribution in [0.5, 0.6) is 0 Å². The molecule has 4 aromatic rings. The first kappa shape index (κ1) is 29.3. The fraction of sp³-hybridized carbons (Fsp3) is 0.154. The van der Waals surface area contributed by atoms with Crippen molar-refractivity contribution in [3.05, 3.63) is 115 Å². The molecule has 0 bridgehead atoms. The van der Waals surface area contributed by atoms with Crippen molar-refractivity contribution in [3.8, 4) is 0 Å². The van der Waals surface area contributed by atoms with Crippen molar-refractivity contribution in [1.82, 2.24) is 4.90 Å². The maximum atomic E-state index is 4.81. The summed E-state index contributed by atoms with van der Waals surface area (Å²) < 4.78 is 0. The molecule has 4 rings (SSSR count). The van der Waals surface area contributed by atoms with E-state index in [0.717, 1.165) is 0 Å². The molecule has 0 radical (unpaired) electrons. The molecular weight excluding hydrogens is 590 g/mol. The van der Waals surface area contributed by atoms with Gasteiger partial charge in [0.15, 0.2) is 0 Å². The van der Waals surface area contributed by atoms with Gasteiger partial charge in [0.05, 0.1) is 0 Å². The minimum absolute atomic E-state index is 0. The Morgan fingerprint density at radius 1 is 0.812 bits per heavy atom. The molecule has 0 saturated heterocycles. The van der Waals surface area contributed by atoms with Crippen LogP contribution in [0.25, 0.3) is 0 Å². The molecule has 4 aromatic carbocycles. The molecule has 0 N–H and O–H groups in total. The fourth-order valence-electron chi connectivity index (χ4n) is 3.16. The van der Waals surface area contributed by atoms with Crippen molar-refractivity contribution in [2.75, 3.05) is 14.1 Å². The fourth-order valence-corrected chi connectivity index (χ4v) is 5.71. The number of hydrogen-bond acceptors (Lipinski definition) is 1. The summed E-state index contributed by atoms with van der Waals surface area (Å²) in [4.78, 5) is 2.28. The van der Waals surface area contributed by atoms with Crippen LogP contribution >= 0.6 is 27.0 Å². The van der Waals surface area contributed by atoms with Gasteiger partial charge < -0.3 is 4.90 Å². The van der Waals surface area contributed by atoms with Gasteiger partial charge in [-0.15, -0.1) is 10.9 Å². The molecule has 0 saturated carbocycles. The molecule has 0 aliphatic rings. The van der Waals surface area contributed by atoms with Crippen molar-refractivity contribution < 1.29 is 33.0 Å². The largest absolute Gasteiger partial charge is 2.00 e. The first-order valence-electron chi connectivity index (χ1n) is 9.91. The summed E-state index contributed by atoms with van der Waals surface area (Å²) >= 11 is -0.106. The van der Waals surface area contributed by atoms with E-state index in [4.69, 9.17) is 19.1 Å². The molecular formula is C26H28Cl2FeNPPd. The summed E-state index contributed by atoms with van der Waals surface area (Å²) in [5.74, 6) is 0. The Balaban J connectivity index is 0.000000485. The van der Waals surface area contributed by atoms with Crippen LogP contribution in [0.15, 0.2) is 109 Å². The molecule has 0 aliphatic carbocycles. The monoisotopic (exact) mass is 617 g/mol. The van der Waals surface area contributed by atoms with E-state index in [1.807, 2.05) is 30.3 Å². The second kappa shape index (κ2) is 16.8. The Labute approximate surface area is 221 Å². The van der Waals surface area contributed by atoms with Crippen LogP contribution in [-0.2, 0) is 33.0 Å². The number of hydrogen-bond donors (Lipinski definition) is 0. The van der Waals surface area contributed by atoms with E-state index in [9.17, 15) is 0 Å². The topological polar surface area (TPSA) is 3.24 Å². The predicted octanol–water partition coefficient (Wildman–Crippen LogP) is 6.57. The first-order chi connectivity index (χ1) is 15.1. The SMILES string of the molecule is C[C@@H]([c-]1cccc1P(c1ccccc1)c1ccccc1)N(C)C.[Cl][Pd][Cl].[Fe+2].c1cc[cH-]c1. The second-order valence-corrected chi connectivity index (χ2v) is 11.6. The Hall–Kier alpha value is -0.708. The smallest absolute Gasteiger partial charge is 0.214 e. The van der Waals surface area contributed by atoms with Crippen molar-refractivity contribution in [3.63, 3.8) is 0 Å². The standard InChI is InChI=1S/C21H23NP.C5H5.2ClH.Fe.Pd/c1-17(22(2)3)20-15-10-16-21(20)23(18-11-6-4-7-12-18)19-13-8-5-9-14-19;1-2-4-5-3-1;;;;/h4-17H,1-3H3;1-5H;2*1H;;/q2*-1;;;2*+2/p-2/t17-;;;;;/m0...../s1. The van der Waals surface area contributed by atoms with Crippen LogP contribution in [0.4, 0.5) is 0 Å². The zero-order chi connectivity index (χ0) is 22.5. The van der Waals surface area contributed by atoms with Crippen LogP contribution in [0.1, 0.15) is 18.5 Å². The molecule has 0 heterocycles. The molecule has 32 heavy (non-hydrogen) atoms. The minimum Gasteiger partial charge on any atom is -0.214 e. The van der Waals surface area contributed by atoms with Gasteiger partial charge in [0.25, 0.3) is 0 Å². The summed E-state index contributed by atoms with van der Waals surface area (Å²) in [5.41, 5.74) is 1.44. The van der Waals surface area contributed by atoms with Gasteiger partial charge in [-0.05, 0) is 38.7 Å². The van der Waals surface area contributed by atoms with Gasteiger partial charge in [-0.1, -0.05) is 67.6 Å². The molecule has 0 spiro atoms. The van der Waals surface area contributed by atoms with Gasteiger partial charge in [-0.25, -0.2) is 24.3 Å². The Bertz CT molecular complexity index is 890. The zero-order valence-electron chi connectivity index (χ0n) is 18.3. The summed E-state index contributed by atoms with van der Waals surface area (Å²) in [6.07, 6.45) is 0. The molecule has 6 heteroatoms. The third kappa shape index (κ3) is 9.27. The average molecular weight is 619 g/mol. The molecule has 0 aromatic heterocycles. The van der Waals surface area contributed by atoms with E-state index in [-0.39, 0.29) is 33.0 Å². The van der Waals surface area contributed by atoms with Crippen molar-refractivity contribution in [1.29, 1.82) is 0 Å². The van der Waals surface area contributed by atoms with E-state index in [0.29, 0.717) is 6.04 Å². The van der Waals surface area contributed by atoms with Crippen LogP contribution in [0.3, 0.4) is 0 Å². The zero-order valence-corrected chi connectivity index (χ0v) is 23.4. The normalized spacial score (nSPS) is 11.1. The van der Waals surface area contributed by atoms with Crippen molar-refractivity contribution in [2.24, 2.45) is 0 Å². The third-order valence-corrected chi connectivity index (χ3v) is 7.39. The van der Waals surface area contributed by atoms with Crippen LogP contribution in [0, 0.1) is 0 Å². The summed E-state index contributed by atoms with van der Waals surface area (Å²) in [6, 6.07) is 39.0. The quantitative estimate of drug-likeness (QED) is 0.139. The molecule has 0 fully saturated rings. The first-order valence-corrected chi connectivity index (χ1v) is 15.3. The van der Waals surface area contributed by atoms with E-state index in [2.05, 4.69) is 105 Å². The summed E-state index contributed by atoms with van der Waals surface area (Å²) in [6.45, 7) is 2.28. The van der Waals surface area contributed by atoms with E-state index < -0.39 is 7.92 Å². The Kier molecular flexibility index (Phi) is 15.4. The molecule has 174 valence electrons. The second-order valence-electron chi connectivity index (χ2n) is 7.02. The Morgan fingerprint density at radius 2 is 1.28 bits per heavy atom. The molecule has 1 atom stereocenters. The van der Waals surface area contributed by atoms with E-state index >= 15 is 0 Å². The van der Waals surface area contributed by atoms with Crippen molar-refractivity contribution in [2.45, 2.75) is 13.0 Å². The molecule has 0 aliphatic heterocycles. The third-order valence-electron chi connectivity index (χ3n) is 4.88. The maximum Gasteiger partial charge on any atom is 2.00 e. The van der Waals surface area contributed by atoms with Gasteiger partial charge in [-0.3, -0.25) is 0 Å². The number of rotatable bonds is 5. The van der Waals surface area contributed by atoms with Crippen LogP contribution in [0.2, 0.25) is 0 Å². The van der Waals surface area contributed by atoms with Gasteiger partial charge >= 0.3 is 52.1 Å². The van der Waals surface area contributed by atoms with E-state index in [1.165, 1.54) is 21.5 Å². The summed E-state index contributed by atoms with van der Waals surface area (Å²) in [7, 11) is 13.4. The van der Waals surface area contributed by atoms with Crippen LogP contribution in [-0.4, -0.2) is 19.0 Å². The van der Waals surface area contributed by atoms with Gasteiger partial charge in [-0.2, -0.15) is 24.3 Å². The van der Waals surface area contributed by atoms with Crippen LogP contribution < -0.4 is 15.9 Å². The number of halogens is 2. The minimum atomic E-state index is -0.514. The van der Waals surface area contributed by atoms with E-state index in [1.54, 1.807) is 0 Å². The van der Waals surface area contributed by atoms with Gasteiger partial charge in [0, 0.05) is 0 Å². The number of nitrogens with zero attached hydrogens (tertiary/aromatic N) is 1. The average Bonchev–Trinajstić information content (AvgIpc) is 3.51. The Morgan fingerprint density at radius 3 is 1.66 bits per heavy atom. The molecule has 1 nitrogen and oxygen atoms in total. The van der Waals surface area contributed by atoms with Gasteiger partial charge in [0.1, 0.15) is 0 Å². The van der Waals surface area contributed by atoms with Crippen molar-refractivity contribution >= 4 is 42.9 Å². The predicted molar refractivity (Wildman–Crippen MR) is 137 cm³/mol. The molecule has 0 amide bonds. The molecule has 0 unspecified atom stereocenters. The number of benzene rings is 2. The summed E-state index contributed by atoms with van der Waals surface area (Å²) in [5, 5.41) is 4.29. The van der Waals surface area contributed by atoms with Gasteiger partial charge in [0.2, 0.25) is 0 Å².